The number of nitrogens with two attached hydrogens (primary N) is 1. The lowest BCUT2D eigenvalue weighted by Crippen LogP contribution is -2.14. The summed E-state index contributed by atoms with van der Waals surface area (Å²) in [6.45, 7) is 4.72. The van der Waals surface area contributed by atoms with Crippen molar-refractivity contribution >= 4 is 5.97 Å². The average Bonchev–Trinajstić information content (AvgIpc) is 2.49. The van der Waals surface area contributed by atoms with E-state index in [1.54, 1.807) is 0 Å². The number of rotatable bonds is 7. The molecule has 1 atom stereocenters. The summed E-state index contributed by atoms with van der Waals surface area (Å²) < 4.78 is 4.86. The molecule has 0 saturated carbocycles. The van der Waals surface area contributed by atoms with E-state index in [2.05, 4.69) is 0 Å². The molecule has 0 unspecified atom stereocenters. The van der Waals surface area contributed by atoms with Crippen molar-refractivity contribution < 1.29 is 9.53 Å². The van der Waals surface area contributed by atoms with Gasteiger partial charge in [-0.25, -0.2) is 0 Å². The van der Waals surface area contributed by atoms with Crippen molar-refractivity contribution in [1.82, 2.24) is 0 Å². The van der Waals surface area contributed by atoms with Gasteiger partial charge in [0.05, 0.1) is 13.0 Å². The van der Waals surface area contributed by atoms with E-state index in [1.807, 2.05) is 44.2 Å². The number of esters is 1. The third-order valence-corrected chi connectivity index (χ3v) is 2.88. The van der Waals surface area contributed by atoms with E-state index in [0.717, 1.165) is 31.2 Å². The van der Waals surface area contributed by atoms with E-state index in [4.69, 9.17) is 10.5 Å². The summed E-state index contributed by atoms with van der Waals surface area (Å²) in [4.78, 5) is 11.7. The molecule has 19 heavy (non-hydrogen) atoms. The van der Waals surface area contributed by atoms with Gasteiger partial charge in [-0.3, -0.25) is 4.79 Å². The second-order valence-electron chi connectivity index (χ2n) is 4.12. The minimum Gasteiger partial charge on any atom is -0.469 e. The van der Waals surface area contributed by atoms with Gasteiger partial charge in [0, 0.05) is 0 Å². The lowest BCUT2D eigenvalue weighted by Gasteiger charge is -2.14. The van der Waals surface area contributed by atoms with Crippen molar-refractivity contribution in [3.05, 3.63) is 35.9 Å². The van der Waals surface area contributed by atoms with Gasteiger partial charge < -0.3 is 10.5 Å². The van der Waals surface area contributed by atoms with Gasteiger partial charge in [0.1, 0.15) is 0 Å². The van der Waals surface area contributed by atoms with Crippen molar-refractivity contribution in [2.24, 2.45) is 5.73 Å². The van der Waals surface area contributed by atoms with Gasteiger partial charge in [0.25, 0.3) is 0 Å². The normalized spacial score (nSPS) is 11.2. The molecule has 1 rings (SSSR count). The molecule has 2 N–H and O–H groups in total. The minimum atomic E-state index is -0.149. The Hall–Kier alpha value is -1.35. The number of benzene rings is 1. The molecule has 0 aromatic heterocycles. The summed E-state index contributed by atoms with van der Waals surface area (Å²) in [6.07, 6.45) is 3.92. The summed E-state index contributed by atoms with van der Waals surface area (Å²) in [5.41, 5.74) is 6.49. The number of methoxy groups -OCH3 is 1. The van der Waals surface area contributed by atoms with Gasteiger partial charge >= 0.3 is 5.97 Å². The number of carbonyl (C=O) groups excluding carboxylic acids is 1. The average molecular weight is 265 g/mol. The zero-order valence-electron chi connectivity index (χ0n) is 12.4. The highest BCUT2D eigenvalue weighted by Crippen LogP contribution is 2.23. The smallest absolute Gasteiger partial charge is 0.313 e. The van der Waals surface area contributed by atoms with Crippen molar-refractivity contribution in [2.45, 2.75) is 45.4 Å². The fraction of sp³-hybridized carbons (Fsp3) is 0.562. The first-order valence-corrected chi connectivity index (χ1v) is 7.12. The molecule has 0 aliphatic heterocycles. The van der Waals surface area contributed by atoms with Crippen LogP contribution in [0.1, 0.15) is 51.0 Å². The van der Waals surface area contributed by atoms with Crippen LogP contribution in [0, 0.1) is 0 Å². The number of carbonyl (C=O) groups is 1. The van der Waals surface area contributed by atoms with Crippen LogP contribution in [0.2, 0.25) is 0 Å². The summed E-state index contributed by atoms with van der Waals surface area (Å²) in [6, 6.07) is 9.80. The zero-order valence-corrected chi connectivity index (χ0v) is 12.4. The zero-order chi connectivity index (χ0) is 14.5. The lowest BCUT2D eigenvalue weighted by atomic mass is 9.93. The molecular weight excluding hydrogens is 238 g/mol. The van der Waals surface area contributed by atoms with Gasteiger partial charge in [0.2, 0.25) is 0 Å². The second kappa shape index (κ2) is 11.7. The van der Waals surface area contributed by atoms with Gasteiger partial charge in [-0.2, -0.15) is 0 Å². The first-order valence-electron chi connectivity index (χ1n) is 7.12. The molecule has 0 saturated heterocycles. The molecule has 0 radical (unpaired) electrons. The molecule has 0 aliphatic carbocycles. The topological polar surface area (TPSA) is 52.3 Å². The predicted molar refractivity (Wildman–Crippen MR) is 80.1 cm³/mol. The molecule has 0 bridgehead atoms. The molecule has 0 heterocycles. The fourth-order valence-electron chi connectivity index (χ4n) is 1.92. The largest absolute Gasteiger partial charge is 0.469 e. The number of hydrogen-bond donors (Lipinski definition) is 1. The van der Waals surface area contributed by atoms with Crippen LogP contribution >= 0.6 is 0 Å². The van der Waals surface area contributed by atoms with Crippen LogP contribution in [0.4, 0.5) is 0 Å². The maximum atomic E-state index is 11.7. The Morgan fingerprint density at radius 3 is 2.32 bits per heavy atom. The van der Waals surface area contributed by atoms with Crippen LogP contribution < -0.4 is 5.73 Å². The standard InChI is InChI=1S/C14H21NO2.C2H6/c1-17-14(16)13(10-6-3-7-11-15)12-8-4-2-5-9-12;1-2/h2,4-5,8-9,13H,3,6-7,10-11,15H2,1H3;1-2H3/t13-;/m0./s1. The van der Waals surface area contributed by atoms with Crippen molar-refractivity contribution in [3.8, 4) is 0 Å². The maximum Gasteiger partial charge on any atom is 0.313 e. The summed E-state index contributed by atoms with van der Waals surface area (Å²) in [7, 11) is 1.44. The van der Waals surface area contributed by atoms with Crippen LogP contribution in [0.25, 0.3) is 0 Å². The number of hydrogen-bond acceptors (Lipinski definition) is 3. The Balaban J connectivity index is 0.00000154. The van der Waals surface area contributed by atoms with Crippen LogP contribution in [-0.4, -0.2) is 19.6 Å². The molecule has 1 aromatic carbocycles. The first-order chi connectivity index (χ1) is 9.29. The Labute approximate surface area is 117 Å². The highest BCUT2D eigenvalue weighted by atomic mass is 16.5. The number of unbranched alkanes of at least 4 members (excludes halogenated alkanes) is 2. The van der Waals surface area contributed by atoms with Crippen molar-refractivity contribution in [2.75, 3.05) is 13.7 Å². The molecule has 0 fully saturated rings. The van der Waals surface area contributed by atoms with Crippen molar-refractivity contribution in [3.63, 3.8) is 0 Å². The molecule has 1 aromatic rings. The predicted octanol–water partition coefficient (Wildman–Crippen LogP) is 3.49. The Bertz CT molecular complexity index is 325. The molecule has 108 valence electrons. The highest BCUT2D eigenvalue weighted by Gasteiger charge is 2.20. The molecule has 3 heteroatoms. The summed E-state index contributed by atoms with van der Waals surface area (Å²) in [5.74, 6) is -0.289. The lowest BCUT2D eigenvalue weighted by molar-refractivity contribution is -0.142. The Kier molecular flexibility index (Phi) is 10.9. The monoisotopic (exact) mass is 265 g/mol. The van der Waals surface area contributed by atoms with E-state index in [0.29, 0.717) is 6.54 Å². The maximum absolute atomic E-state index is 11.7. The van der Waals surface area contributed by atoms with Crippen molar-refractivity contribution in [1.29, 1.82) is 0 Å². The van der Waals surface area contributed by atoms with Crippen LogP contribution in [-0.2, 0) is 9.53 Å². The highest BCUT2D eigenvalue weighted by molar-refractivity contribution is 5.77. The molecule has 0 aliphatic rings. The molecular formula is C16H27NO2. The van der Waals surface area contributed by atoms with Crippen LogP contribution in [0.5, 0.6) is 0 Å². The minimum absolute atomic E-state index is 0.140. The SMILES string of the molecule is CC.COC(=O)[C@@H](CCCCCN)c1ccccc1. The number of ether oxygens (including phenoxy) is 1. The third-order valence-electron chi connectivity index (χ3n) is 2.88. The van der Waals surface area contributed by atoms with E-state index in [-0.39, 0.29) is 11.9 Å². The van der Waals surface area contributed by atoms with Gasteiger partial charge in [0.15, 0.2) is 0 Å². The van der Waals surface area contributed by atoms with Gasteiger partial charge in [-0.15, -0.1) is 0 Å². The van der Waals surface area contributed by atoms with Gasteiger partial charge in [-0.05, 0) is 24.9 Å². The first kappa shape index (κ1) is 17.6. The van der Waals surface area contributed by atoms with E-state index in [1.165, 1.54) is 7.11 Å². The molecule has 3 nitrogen and oxygen atoms in total. The second-order valence-corrected chi connectivity index (χ2v) is 4.12. The Morgan fingerprint density at radius 2 is 1.79 bits per heavy atom. The summed E-state index contributed by atoms with van der Waals surface area (Å²) in [5, 5.41) is 0. The molecule has 0 spiro atoms. The summed E-state index contributed by atoms with van der Waals surface area (Å²) >= 11 is 0. The fourth-order valence-corrected chi connectivity index (χ4v) is 1.92. The van der Waals surface area contributed by atoms with Crippen LogP contribution in [0.15, 0.2) is 30.3 Å². The van der Waals surface area contributed by atoms with E-state index >= 15 is 0 Å². The quantitative estimate of drug-likeness (QED) is 0.606. The van der Waals surface area contributed by atoms with Crippen LogP contribution in [0.3, 0.4) is 0 Å². The van der Waals surface area contributed by atoms with E-state index < -0.39 is 0 Å². The third kappa shape index (κ3) is 6.97. The Morgan fingerprint density at radius 1 is 1.16 bits per heavy atom. The molecule has 0 amide bonds. The van der Waals surface area contributed by atoms with E-state index in [9.17, 15) is 4.79 Å². The van der Waals surface area contributed by atoms with Gasteiger partial charge in [-0.1, -0.05) is 57.0 Å².